The Bertz CT molecular complexity index is 934. The zero-order chi connectivity index (χ0) is 18.1. The number of carbonyl (C=O) groups excluding carboxylic acids is 1. The van der Waals surface area contributed by atoms with Crippen LogP contribution in [0.4, 0.5) is 5.69 Å². The SMILES string of the molecule is Cc1ccc(C2(C)Nc3ccccc3C(=O)N2Cc2ccccc2)cc1. The van der Waals surface area contributed by atoms with Crippen LogP contribution < -0.4 is 5.32 Å². The predicted molar refractivity (Wildman–Crippen MR) is 105 cm³/mol. The molecule has 0 bridgehead atoms. The van der Waals surface area contributed by atoms with Gasteiger partial charge in [0.2, 0.25) is 0 Å². The van der Waals surface area contributed by atoms with E-state index in [2.05, 4.69) is 55.6 Å². The van der Waals surface area contributed by atoms with Crippen molar-refractivity contribution in [2.45, 2.75) is 26.1 Å². The Hall–Kier alpha value is -3.07. The third-order valence-corrected chi connectivity index (χ3v) is 5.12. The van der Waals surface area contributed by atoms with Crippen LogP contribution in [0.1, 0.15) is 34.0 Å². The Morgan fingerprint density at radius 3 is 2.27 bits per heavy atom. The van der Waals surface area contributed by atoms with Gasteiger partial charge in [-0.1, -0.05) is 72.3 Å². The lowest BCUT2D eigenvalue weighted by molar-refractivity contribution is 0.0509. The molecule has 26 heavy (non-hydrogen) atoms. The largest absolute Gasteiger partial charge is 0.358 e. The number of benzene rings is 3. The Kier molecular flexibility index (Phi) is 4.00. The van der Waals surface area contributed by atoms with E-state index in [4.69, 9.17) is 0 Å². The second-order valence-corrected chi connectivity index (χ2v) is 6.99. The molecule has 1 atom stereocenters. The summed E-state index contributed by atoms with van der Waals surface area (Å²) in [5, 5.41) is 3.61. The van der Waals surface area contributed by atoms with Crippen molar-refractivity contribution in [2.24, 2.45) is 0 Å². The highest BCUT2D eigenvalue weighted by Crippen LogP contribution is 2.38. The van der Waals surface area contributed by atoms with Crippen molar-refractivity contribution in [1.29, 1.82) is 0 Å². The second-order valence-electron chi connectivity index (χ2n) is 6.99. The van der Waals surface area contributed by atoms with Gasteiger partial charge in [-0.05, 0) is 37.1 Å². The lowest BCUT2D eigenvalue weighted by Crippen LogP contribution is -2.55. The molecular formula is C23H22N2O. The van der Waals surface area contributed by atoms with Crippen LogP contribution in [0.25, 0.3) is 0 Å². The first-order chi connectivity index (χ1) is 12.6. The van der Waals surface area contributed by atoms with Gasteiger partial charge in [0, 0.05) is 12.2 Å². The summed E-state index contributed by atoms with van der Waals surface area (Å²) in [4.78, 5) is 15.3. The quantitative estimate of drug-likeness (QED) is 0.731. The minimum absolute atomic E-state index is 0.0475. The van der Waals surface area contributed by atoms with Crippen molar-refractivity contribution in [3.05, 3.63) is 101 Å². The summed E-state index contributed by atoms with van der Waals surface area (Å²) in [6.07, 6.45) is 0. The van der Waals surface area contributed by atoms with Crippen molar-refractivity contribution in [3.63, 3.8) is 0 Å². The zero-order valence-electron chi connectivity index (χ0n) is 15.1. The summed E-state index contributed by atoms with van der Waals surface area (Å²) in [5.74, 6) is 0.0475. The molecule has 3 nitrogen and oxygen atoms in total. The number of para-hydroxylation sites is 1. The van der Waals surface area contributed by atoms with E-state index in [0.717, 1.165) is 16.8 Å². The fourth-order valence-electron chi connectivity index (χ4n) is 3.56. The Labute approximate surface area is 154 Å². The minimum atomic E-state index is -0.616. The standard InChI is InChI=1S/C23H22N2O/c1-17-12-14-19(15-13-17)23(2)24-21-11-7-6-10-20(21)22(26)25(23)16-18-8-4-3-5-9-18/h3-15,24H,16H2,1-2H3. The first kappa shape index (κ1) is 16.4. The Morgan fingerprint density at radius 1 is 0.885 bits per heavy atom. The summed E-state index contributed by atoms with van der Waals surface area (Å²) in [6.45, 7) is 4.70. The van der Waals surface area contributed by atoms with Crippen LogP contribution >= 0.6 is 0 Å². The summed E-state index contributed by atoms with van der Waals surface area (Å²) in [5.41, 5.74) is 4.37. The highest BCUT2D eigenvalue weighted by molar-refractivity contribution is 6.02. The van der Waals surface area contributed by atoms with Gasteiger partial charge in [0.15, 0.2) is 0 Å². The van der Waals surface area contributed by atoms with E-state index in [1.165, 1.54) is 5.56 Å². The van der Waals surface area contributed by atoms with Crippen LogP contribution in [-0.4, -0.2) is 10.8 Å². The number of nitrogens with one attached hydrogen (secondary N) is 1. The number of carbonyl (C=O) groups is 1. The van der Waals surface area contributed by atoms with Gasteiger partial charge >= 0.3 is 0 Å². The molecule has 0 fully saturated rings. The number of amides is 1. The molecule has 3 aromatic carbocycles. The number of nitrogens with zero attached hydrogens (tertiary/aromatic N) is 1. The maximum Gasteiger partial charge on any atom is 0.258 e. The van der Waals surface area contributed by atoms with Crippen molar-refractivity contribution in [2.75, 3.05) is 5.32 Å². The van der Waals surface area contributed by atoms with Crippen molar-refractivity contribution in [1.82, 2.24) is 4.90 Å². The number of aryl methyl sites for hydroxylation is 1. The normalized spacial score (nSPS) is 19.0. The van der Waals surface area contributed by atoms with Gasteiger partial charge in [-0.25, -0.2) is 0 Å². The fraction of sp³-hybridized carbons (Fsp3) is 0.174. The number of anilines is 1. The van der Waals surface area contributed by atoms with Gasteiger partial charge < -0.3 is 10.2 Å². The molecule has 130 valence electrons. The van der Waals surface area contributed by atoms with E-state index in [1.54, 1.807) is 0 Å². The number of rotatable bonds is 3. The molecular weight excluding hydrogens is 320 g/mol. The van der Waals surface area contributed by atoms with Crippen LogP contribution in [-0.2, 0) is 12.2 Å². The molecule has 0 saturated carbocycles. The van der Waals surface area contributed by atoms with Gasteiger partial charge in [0.1, 0.15) is 5.66 Å². The van der Waals surface area contributed by atoms with Crippen LogP contribution in [0, 0.1) is 6.92 Å². The van der Waals surface area contributed by atoms with Gasteiger partial charge in [0.25, 0.3) is 5.91 Å². The first-order valence-corrected chi connectivity index (χ1v) is 8.88. The van der Waals surface area contributed by atoms with Crippen molar-refractivity contribution >= 4 is 11.6 Å². The molecule has 3 heteroatoms. The van der Waals surface area contributed by atoms with Crippen LogP contribution in [0.3, 0.4) is 0 Å². The molecule has 0 spiro atoms. The third-order valence-electron chi connectivity index (χ3n) is 5.12. The molecule has 4 rings (SSSR count). The fourth-order valence-corrected chi connectivity index (χ4v) is 3.56. The first-order valence-electron chi connectivity index (χ1n) is 8.88. The molecule has 1 aliphatic heterocycles. The number of hydrogen-bond acceptors (Lipinski definition) is 2. The van der Waals surface area contributed by atoms with Crippen molar-refractivity contribution < 1.29 is 4.79 Å². The molecule has 0 aromatic heterocycles. The highest BCUT2D eigenvalue weighted by Gasteiger charge is 2.42. The topological polar surface area (TPSA) is 32.3 Å². The van der Waals surface area contributed by atoms with E-state index in [9.17, 15) is 4.79 Å². The summed E-state index contributed by atoms with van der Waals surface area (Å²) in [6, 6.07) is 26.2. The molecule has 0 aliphatic carbocycles. The van der Waals surface area contributed by atoms with Gasteiger partial charge in [-0.15, -0.1) is 0 Å². The van der Waals surface area contributed by atoms with E-state index in [-0.39, 0.29) is 5.91 Å². The molecule has 0 saturated heterocycles. The molecule has 0 radical (unpaired) electrons. The van der Waals surface area contributed by atoms with Gasteiger partial charge in [-0.3, -0.25) is 4.79 Å². The average Bonchev–Trinajstić information content (AvgIpc) is 2.66. The monoisotopic (exact) mass is 342 g/mol. The Balaban J connectivity index is 1.83. The maximum atomic E-state index is 13.4. The lowest BCUT2D eigenvalue weighted by Gasteiger charge is -2.47. The third kappa shape index (κ3) is 2.76. The van der Waals surface area contributed by atoms with Gasteiger partial charge in [-0.2, -0.15) is 0 Å². The van der Waals surface area contributed by atoms with Gasteiger partial charge in [0.05, 0.1) is 5.56 Å². The maximum absolute atomic E-state index is 13.4. The second kappa shape index (κ2) is 6.34. The summed E-state index contributed by atoms with van der Waals surface area (Å²) >= 11 is 0. The average molecular weight is 342 g/mol. The van der Waals surface area contributed by atoms with Crippen molar-refractivity contribution in [3.8, 4) is 0 Å². The van der Waals surface area contributed by atoms with Crippen LogP contribution in [0.15, 0.2) is 78.9 Å². The van der Waals surface area contributed by atoms with E-state index >= 15 is 0 Å². The van der Waals surface area contributed by atoms with Crippen LogP contribution in [0.2, 0.25) is 0 Å². The van der Waals surface area contributed by atoms with E-state index < -0.39 is 5.66 Å². The molecule has 3 aromatic rings. The summed E-state index contributed by atoms with van der Waals surface area (Å²) < 4.78 is 0. The highest BCUT2D eigenvalue weighted by atomic mass is 16.2. The Morgan fingerprint density at radius 2 is 1.54 bits per heavy atom. The number of hydrogen-bond donors (Lipinski definition) is 1. The predicted octanol–water partition coefficient (Wildman–Crippen LogP) is 4.94. The molecule has 1 unspecified atom stereocenters. The molecule has 1 N–H and O–H groups in total. The molecule has 1 aliphatic rings. The molecule has 1 heterocycles. The molecule has 1 amide bonds. The smallest absolute Gasteiger partial charge is 0.258 e. The van der Waals surface area contributed by atoms with E-state index in [0.29, 0.717) is 12.1 Å². The zero-order valence-corrected chi connectivity index (χ0v) is 15.1. The van der Waals surface area contributed by atoms with Crippen LogP contribution in [0.5, 0.6) is 0 Å². The lowest BCUT2D eigenvalue weighted by atomic mass is 9.92. The minimum Gasteiger partial charge on any atom is -0.358 e. The van der Waals surface area contributed by atoms with E-state index in [1.807, 2.05) is 47.4 Å². The number of fused-ring (bicyclic) bond motifs is 1. The summed E-state index contributed by atoms with van der Waals surface area (Å²) in [7, 11) is 0.